The molecule has 2 rings (SSSR count). The second-order valence-corrected chi connectivity index (χ2v) is 7.45. The van der Waals surface area contributed by atoms with Crippen LogP contribution in [0.3, 0.4) is 0 Å². The van der Waals surface area contributed by atoms with E-state index in [1.807, 2.05) is 0 Å². The van der Waals surface area contributed by atoms with Gasteiger partial charge in [-0.15, -0.1) is 12.4 Å². The summed E-state index contributed by atoms with van der Waals surface area (Å²) in [7, 11) is -2.91. The largest absolute Gasteiger partial charge is 0.324 e. The maximum absolute atomic E-state index is 12.0. The highest BCUT2D eigenvalue weighted by molar-refractivity contribution is 7.92. The summed E-state index contributed by atoms with van der Waals surface area (Å²) >= 11 is 0. The minimum absolute atomic E-state index is 0. The van der Waals surface area contributed by atoms with Crippen LogP contribution in [0.1, 0.15) is 51.4 Å². The number of halogens is 1. The Hall–Kier alpha value is 0.200. The van der Waals surface area contributed by atoms with Crippen LogP contribution in [0.15, 0.2) is 0 Å². The number of rotatable bonds is 1. The van der Waals surface area contributed by atoms with E-state index in [4.69, 9.17) is 5.73 Å². The van der Waals surface area contributed by atoms with Crippen molar-refractivity contribution >= 4 is 22.2 Å². The van der Waals surface area contributed by atoms with Crippen LogP contribution in [-0.2, 0) is 9.84 Å². The first-order valence-corrected chi connectivity index (χ1v) is 7.77. The third kappa shape index (κ3) is 2.71. The van der Waals surface area contributed by atoms with Gasteiger partial charge in [-0.05, 0) is 25.7 Å². The summed E-state index contributed by atoms with van der Waals surface area (Å²) in [5.41, 5.74) is 5.92. The van der Waals surface area contributed by atoms with Crippen LogP contribution >= 0.6 is 12.4 Å². The summed E-state index contributed by atoms with van der Waals surface area (Å²) < 4.78 is 24.0. The van der Waals surface area contributed by atoms with Gasteiger partial charge in [0.15, 0.2) is 9.84 Å². The molecule has 1 saturated heterocycles. The van der Waals surface area contributed by atoms with Gasteiger partial charge in [0.05, 0.1) is 11.0 Å². The van der Waals surface area contributed by atoms with Crippen molar-refractivity contribution in [2.75, 3.05) is 5.75 Å². The second-order valence-electron chi connectivity index (χ2n) is 5.15. The van der Waals surface area contributed by atoms with Gasteiger partial charge >= 0.3 is 0 Å². The van der Waals surface area contributed by atoms with E-state index in [9.17, 15) is 8.42 Å². The van der Waals surface area contributed by atoms with Gasteiger partial charge in [0.1, 0.15) is 0 Å². The van der Waals surface area contributed by atoms with Gasteiger partial charge in [0.2, 0.25) is 0 Å². The lowest BCUT2D eigenvalue weighted by atomic mass is 9.78. The smallest absolute Gasteiger partial charge is 0.154 e. The van der Waals surface area contributed by atoms with E-state index in [0.29, 0.717) is 5.75 Å². The van der Waals surface area contributed by atoms with E-state index < -0.39 is 15.4 Å². The molecule has 0 aromatic rings. The molecule has 0 bridgehead atoms. The van der Waals surface area contributed by atoms with Gasteiger partial charge in [-0.25, -0.2) is 8.42 Å². The molecule has 0 amide bonds. The maximum Gasteiger partial charge on any atom is 0.154 e. The fourth-order valence-electron chi connectivity index (χ4n) is 3.13. The molecule has 5 heteroatoms. The Balaban J connectivity index is 0.00000128. The van der Waals surface area contributed by atoms with E-state index in [-0.39, 0.29) is 17.7 Å². The summed E-state index contributed by atoms with van der Waals surface area (Å²) in [4.78, 5) is 0. The summed E-state index contributed by atoms with van der Waals surface area (Å²) in [6.07, 6.45) is 7.86. The third-order valence-electron chi connectivity index (χ3n) is 4.00. The van der Waals surface area contributed by atoms with Crippen LogP contribution in [0.5, 0.6) is 0 Å². The fraction of sp³-hybridized carbons (Fsp3) is 1.00. The Bertz CT molecular complexity index is 323. The normalized spacial score (nSPS) is 32.7. The quantitative estimate of drug-likeness (QED) is 0.791. The molecule has 1 aliphatic carbocycles. The van der Waals surface area contributed by atoms with Gasteiger partial charge in [0, 0.05) is 5.54 Å². The van der Waals surface area contributed by atoms with Crippen molar-refractivity contribution in [3.05, 3.63) is 0 Å². The molecule has 0 unspecified atom stereocenters. The fourth-order valence-corrected chi connectivity index (χ4v) is 5.50. The maximum atomic E-state index is 12.0. The molecule has 2 aliphatic rings. The van der Waals surface area contributed by atoms with Gasteiger partial charge in [-0.2, -0.15) is 0 Å². The van der Waals surface area contributed by atoms with E-state index in [1.54, 1.807) is 0 Å². The topological polar surface area (TPSA) is 60.2 Å². The molecule has 1 saturated carbocycles. The summed E-state index contributed by atoms with van der Waals surface area (Å²) in [5, 5.41) is -0.251. The zero-order chi connectivity index (χ0) is 10.9. The summed E-state index contributed by atoms with van der Waals surface area (Å²) in [6, 6.07) is 0. The first-order chi connectivity index (χ1) is 7.05. The molecule has 96 valence electrons. The van der Waals surface area contributed by atoms with Crippen LogP contribution in [-0.4, -0.2) is 25.0 Å². The van der Waals surface area contributed by atoms with Crippen LogP contribution in [0.2, 0.25) is 0 Å². The van der Waals surface area contributed by atoms with Crippen molar-refractivity contribution < 1.29 is 8.42 Å². The Morgan fingerprint density at radius 1 is 1.00 bits per heavy atom. The lowest BCUT2D eigenvalue weighted by molar-refractivity contribution is 0.268. The molecular formula is C11H22ClNO2S. The number of hydrogen-bond acceptors (Lipinski definition) is 3. The zero-order valence-electron chi connectivity index (χ0n) is 9.65. The number of sulfone groups is 1. The van der Waals surface area contributed by atoms with Crippen LogP contribution in [0, 0.1) is 0 Å². The standard InChI is InChI=1S/C11H21NO2S.ClH/c12-11(7-3-1-4-8-11)10-6-2-5-9-15(10,13)14;/h10H,1-9,12H2;1H/t10-;/m1./s1. The lowest BCUT2D eigenvalue weighted by Gasteiger charge is -2.41. The van der Waals surface area contributed by atoms with Crippen LogP contribution in [0.25, 0.3) is 0 Å². The predicted molar refractivity (Wildman–Crippen MR) is 68.7 cm³/mol. The Kier molecular flexibility index (Phi) is 4.66. The monoisotopic (exact) mass is 267 g/mol. The second kappa shape index (κ2) is 5.23. The molecule has 0 aromatic heterocycles. The Labute approximate surface area is 104 Å². The molecule has 0 radical (unpaired) electrons. The minimum atomic E-state index is -2.91. The van der Waals surface area contributed by atoms with Gasteiger partial charge in [-0.3, -0.25) is 0 Å². The summed E-state index contributed by atoms with van der Waals surface area (Å²) in [6.45, 7) is 0. The minimum Gasteiger partial charge on any atom is -0.324 e. The molecule has 1 atom stereocenters. The number of hydrogen-bond donors (Lipinski definition) is 1. The van der Waals surface area contributed by atoms with Crippen molar-refractivity contribution in [2.24, 2.45) is 5.73 Å². The molecule has 2 fully saturated rings. The lowest BCUT2D eigenvalue weighted by Crippen LogP contribution is -2.56. The highest BCUT2D eigenvalue weighted by Gasteiger charge is 2.44. The first-order valence-electron chi connectivity index (χ1n) is 6.05. The van der Waals surface area contributed by atoms with Crippen molar-refractivity contribution in [1.29, 1.82) is 0 Å². The van der Waals surface area contributed by atoms with Crippen LogP contribution in [0.4, 0.5) is 0 Å². The average Bonchev–Trinajstić information content (AvgIpc) is 2.17. The van der Waals surface area contributed by atoms with Gasteiger partial charge in [-0.1, -0.05) is 25.7 Å². The van der Waals surface area contributed by atoms with Gasteiger partial charge in [0.25, 0.3) is 0 Å². The van der Waals surface area contributed by atoms with E-state index in [1.165, 1.54) is 6.42 Å². The highest BCUT2D eigenvalue weighted by atomic mass is 35.5. The molecule has 1 aliphatic heterocycles. The van der Waals surface area contributed by atoms with Crippen molar-refractivity contribution in [3.63, 3.8) is 0 Å². The molecular weight excluding hydrogens is 246 g/mol. The third-order valence-corrected chi connectivity index (χ3v) is 6.43. The first kappa shape index (κ1) is 14.3. The van der Waals surface area contributed by atoms with Crippen molar-refractivity contribution in [1.82, 2.24) is 0 Å². The predicted octanol–water partition coefficient (Wildman–Crippen LogP) is 2.04. The molecule has 1 heterocycles. The van der Waals surface area contributed by atoms with E-state index in [2.05, 4.69) is 0 Å². The summed E-state index contributed by atoms with van der Waals surface area (Å²) in [5.74, 6) is 0.358. The Morgan fingerprint density at radius 3 is 2.19 bits per heavy atom. The molecule has 16 heavy (non-hydrogen) atoms. The zero-order valence-corrected chi connectivity index (χ0v) is 11.3. The van der Waals surface area contributed by atoms with E-state index >= 15 is 0 Å². The molecule has 0 aromatic carbocycles. The molecule has 3 nitrogen and oxygen atoms in total. The SMILES string of the molecule is Cl.NC1([C@H]2CCCCS2(=O)=O)CCCCC1. The molecule has 0 spiro atoms. The van der Waals surface area contributed by atoms with Gasteiger partial charge < -0.3 is 5.73 Å². The van der Waals surface area contributed by atoms with Crippen molar-refractivity contribution in [2.45, 2.75) is 62.2 Å². The molecule has 2 N–H and O–H groups in total. The average molecular weight is 268 g/mol. The Morgan fingerprint density at radius 2 is 1.62 bits per heavy atom. The van der Waals surface area contributed by atoms with Crippen LogP contribution < -0.4 is 5.73 Å². The number of nitrogens with two attached hydrogens (primary N) is 1. The highest BCUT2D eigenvalue weighted by Crippen LogP contribution is 2.36. The van der Waals surface area contributed by atoms with Crippen molar-refractivity contribution in [3.8, 4) is 0 Å². The van der Waals surface area contributed by atoms with E-state index in [0.717, 1.165) is 44.9 Å².